The predicted octanol–water partition coefficient (Wildman–Crippen LogP) is 4.15. The maximum atomic E-state index is 4.79. The molecule has 2 aromatic heterocycles. The Morgan fingerprint density at radius 2 is 2.05 bits per heavy atom. The number of thioether (sulfide) groups is 1. The summed E-state index contributed by atoms with van der Waals surface area (Å²) in [7, 11) is 1.93. The van der Waals surface area contributed by atoms with Crippen molar-refractivity contribution in [2.45, 2.75) is 11.5 Å². The molecule has 0 atom stereocenters. The monoisotopic (exact) mass is 299 g/mol. The molecular weight excluding hydrogens is 286 g/mol. The highest BCUT2D eigenvalue weighted by Gasteiger charge is 2.20. The van der Waals surface area contributed by atoms with Gasteiger partial charge in [0, 0.05) is 45.1 Å². The summed E-state index contributed by atoms with van der Waals surface area (Å²) in [6.07, 6.45) is 0. The largest absolute Gasteiger partial charge is 0.373 e. The zero-order chi connectivity index (χ0) is 13.5. The Labute approximate surface area is 125 Å². The van der Waals surface area contributed by atoms with Crippen LogP contribution >= 0.6 is 23.1 Å². The van der Waals surface area contributed by atoms with Crippen molar-refractivity contribution in [3.8, 4) is 11.4 Å². The molecule has 5 heteroatoms. The average molecular weight is 299 g/mol. The number of fused-ring (bicyclic) bond motifs is 2. The molecule has 0 amide bonds. The summed E-state index contributed by atoms with van der Waals surface area (Å²) in [6.45, 7) is 0. The van der Waals surface area contributed by atoms with E-state index in [1.807, 2.05) is 18.8 Å². The van der Waals surface area contributed by atoms with Crippen molar-refractivity contribution in [3.05, 3.63) is 40.9 Å². The van der Waals surface area contributed by atoms with Crippen LogP contribution in [-0.4, -0.2) is 17.0 Å². The molecule has 1 aliphatic heterocycles. The third-order valence-electron chi connectivity index (χ3n) is 3.54. The first-order chi connectivity index (χ1) is 9.86. The van der Waals surface area contributed by atoms with E-state index in [9.17, 15) is 0 Å². The van der Waals surface area contributed by atoms with Gasteiger partial charge in [0.15, 0.2) is 5.82 Å². The molecular formula is C15H13N3S2. The number of benzene rings is 1. The first kappa shape index (κ1) is 12.2. The molecule has 0 bridgehead atoms. The van der Waals surface area contributed by atoms with Crippen LogP contribution in [0, 0.1) is 0 Å². The first-order valence-corrected chi connectivity index (χ1v) is 8.52. The van der Waals surface area contributed by atoms with Crippen molar-refractivity contribution in [3.63, 3.8) is 0 Å². The molecule has 1 N–H and O–H groups in total. The number of hydrogen-bond acceptors (Lipinski definition) is 5. The van der Waals surface area contributed by atoms with Gasteiger partial charge in [0.2, 0.25) is 0 Å². The SMILES string of the molecule is CNc1nc(-c2csc3ccccc23)nc2c1CSC2. The van der Waals surface area contributed by atoms with Crippen molar-refractivity contribution in [2.24, 2.45) is 0 Å². The summed E-state index contributed by atoms with van der Waals surface area (Å²) in [5.74, 6) is 3.82. The van der Waals surface area contributed by atoms with E-state index < -0.39 is 0 Å². The van der Waals surface area contributed by atoms with Crippen molar-refractivity contribution in [2.75, 3.05) is 12.4 Å². The minimum Gasteiger partial charge on any atom is -0.373 e. The lowest BCUT2D eigenvalue weighted by atomic mass is 10.1. The standard InChI is InChI=1S/C15H13N3S2/c1-16-14-11-6-19-8-12(11)17-15(18-14)10-7-20-13-5-3-2-4-9(10)13/h2-5,7H,6,8H2,1H3,(H,16,17,18). The van der Waals surface area contributed by atoms with Gasteiger partial charge in [-0.05, 0) is 6.07 Å². The minimum absolute atomic E-state index is 0.841. The number of anilines is 1. The van der Waals surface area contributed by atoms with E-state index in [0.29, 0.717) is 0 Å². The summed E-state index contributed by atoms with van der Waals surface area (Å²) in [5, 5.41) is 6.62. The second-order valence-corrected chi connectivity index (χ2v) is 6.61. The molecule has 0 fully saturated rings. The van der Waals surface area contributed by atoms with Gasteiger partial charge in [0.25, 0.3) is 0 Å². The van der Waals surface area contributed by atoms with Crippen LogP contribution in [0.5, 0.6) is 0 Å². The van der Waals surface area contributed by atoms with Gasteiger partial charge in [-0.1, -0.05) is 18.2 Å². The van der Waals surface area contributed by atoms with Gasteiger partial charge < -0.3 is 5.32 Å². The fraction of sp³-hybridized carbons (Fsp3) is 0.200. The van der Waals surface area contributed by atoms with Crippen LogP contribution in [0.1, 0.15) is 11.3 Å². The molecule has 0 radical (unpaired) electrons. The maximum absolute atomic E-state index is 4.79. The zero-order valence-electron chi connectivity index (χ0n) is 11.0. The fourth-order valence-corrected chi connectivity index (χ4v) is 4.51. The number of nitrogens with zero attached hydrogens (tertiary/aromatic N) is 2. The highest BCUT2D eigenvalue weighted by molar-refractivity contribution is 7.98. The van der Waals surface area contributed by atoms with Gasteiger partial charge in [0.05, 0.1) is 5.69 Å². The molecule has 3 aromatic rings. The van der Waals surface area contributed by atoms with Gasteiger partial charge in [-0.2, -0.15) is 11.8 Å². The van der Waals surface area contributed by atoms with Gasteiger partial charge in [-0.25, -0.2) is 9.97 Å². The van der Waals surface area contributed by atoms with Crippen molar-refractivity contribution in [1.82, 2.24) is 9.97 Å². The number of hydrogen-bond donors (Lipinski definition) is 1. The smallest absolute Gasteiger partial charge is 0.163 e. The quantitative estimate of drug-likeness (QED) is 0.771. The Balaban J connectivity index is 1.94. The Kier molecular flexibility index (Phi) is 2.89. The predicted molar refractivity (Wildman–Crippen MR) is 87.4 cm³/mol. The van der Waals surface area contributed by atoms with Crippen LogP contribution in [0.4, 0.5) is 5.82 Å². The summed E-state index contributed by atoms with van der Waals surface area (Å²) >= 11 is 3.65. The van der Waals surface area contributed by atoms with E-state index in [2.05, 4.69) is 35.0 Å². The van der Waals surface area contributed by atoms with E-state index in [4.69, 9.17) is 9.97 Å². The Morgan fingerprint density at radius 1 is 1.15 bits per heavy atom. The second kappa shape index (κ2) is 4.75. The van der Waals surface area contributed by atoms with Crippen LogP contribution in [-0.2, 0) is 11.5 Å². The molecule has 1 aliphatic rings. The lowest BCUT2D eigenvalue weighted by Gasteiger charge is -2.08. The summed E-state index contributed by atoms with van der Waals surface area (Å²) < 4.78 is 1.28. The van der Waals surface area contributed by atoms with Crippen LogP contribution in [0.2, 0.25) is 0 Å². The Hall–Kier alpha value is -1.59. The van der Waals surface area contributed by atoms with Crippen LogP contribution in [0.15, 0.2) is 29.6 Å². The maximum Gasteiger partial charge on any atom is 0.163 e. The summed E-state index contributed by atoms with van der Waals surface area (Å²) in [5.41, 5.74) is 3.59. The van der Waals surface area contributed by atoms with Crippen molar-refractivity contribution >= 4 is 39.0 Å². The van der Waals surface area contributed by atoms with Crippen LogP contribution in [0.25, 0.3) is 21.5 Å². The minimum atomic E-state index is 0.841. The molecule has 1 aromatic carbocycles. The molecule has 0 saturated heterocycles. The normalized spacial score (nSPS) is 13.7. The van der Waals surface area contributed by atoms with E-state index in [0.717, 1.165) is 28.7 Å². The fourth-order valence-electron chi connectivity index (χ4n) is 2.53. The molecule has 4 rings (SSSR count). The van der Waals surface area contributed by atoms with E-state index in [-0.39, 0.29) is 0 Å². The number of thiophene rings is 1. The lowest BCUT2D eigenvalue weighted by Crippen LogP contribution is -2.03. The average Bonchev–Trinajstić information content (AvgIpc) is 3.12. The number of aromatic nitrogens is 2. The van der Waals surface area contributed by atoms with Crippen molar-refractivity contribution < 1.29 is 0 Å². The molecule has 20 heavy (non-hydrogen) atoms. The number of rotatable bonds is 2. The third-order valence-corrected chi connectivity index (χ3v) is 5.47. The molecule has 3 nitrogen and oxygen atoms in total. The Morgan fingerprint density at radius 3 is 2.95 bits per heavy atom. The molecule has 0 aliphatic carbocycles. The van der Waals surface area contributed by atoms with Gasteiger partial charge in [0.1, 0.15) is 5.82 Å². The molecule has 3 heterocycles. The van der Waals surface area contributed by atoms with E-state index >= 15 is 0 Å². The van der Waals surface area contributed by atoms with Gasteiger partial charge in [-0.15, -0.1) is 11.3 Å². The number of nitrogens with one attached hydrogen (secondary N) is 1. The molecule has 0 spiro atoms. The van der Waals surface area contributed by atoms with Crippen LogP contribution in [0.3, 0.4) is 0 Å². The molecule has 100 valence electrons. The van der Waals surface area contributed by atoms with Gasteiger partial charge >= 0.3 is 0 Å². The zero-order valence-corrected chi connectivity index (χ0v) is 12.6. The summed E-state index contributed by atoms with van der Waals surface area (Å²) in [4.78, 5) is 9.52. The Bertz CT molecular complexity index is 795. The van der Waals surface area contributed by atoms with E-state index in [1.165, 1.54) is 21.3 Å². The molecule has 0 unspecified atom stereocenters. The summed E-state index contributed by atoms with van der Waals surface area (Å²) in [6, 6.07) is 8.43. The van der Waals surface area contributed by atoms with Crippen molar-refractivity contribution in [1.29, 1.82) is 0 Å². The highest BCUT2D eigenvalue weighted by atomic mass is 32.2. The topological polar surface area (TPSA) is 37.8 Å². The second-order valence-electron chi connectivity index (χ2n) is 4.71. The first-order valence-electron chi connectivity index (χ1n) is 6.48. The van der Waals surface area contributed by atoms with Crippen LogP contribution < -0.4 is 5.32 Å². The lowest BCUT2D eigenvalue weighted by molar-refractivity contribution is 1.07. The molecule has 0 saturated carbocycles. The highest BCUT2D eigenvalue weighted by Crippen LogP contribution is 2.37. The van der Waals surface area contributed by atoms with Gasteiger partial charge in [-0.3, -0.25) is 0 Å². The third kappa shape index (κ3) is 1.81. The van der Waals surface area contributed by atoms with E-state index in [1.54, 1.807) is 11.3 Å².